The number of hydrogen-bond donors (Lipinski definition) is 0. The number of aromatic nitrogens is 2. The van der Waals surface area contributed by atoms with Crippen molar-refractivity contribution in [3.8, 4) is 0 Å². The Morgan fingerprint density at radius 3 is 2.71 bits per heavy atom. The molecule has 4 heteroatoms. The molecule has 3 aromatic rings. The van der Waals surface area contributed by atoms with E-state index in [4.69, 9.17) is 11.6 Å². The summed E-state index contributed by atoms with van der Waals surface area (Å²) >= 11 is 5.53. The molecule has 0 saturated heterocycles. The predicted molar refractivity (Wildman–Crippen MR) is 68.4 cm³/mol. The zero-order chi connectivity index (χ0) is 12.0. The minimum absolute atomic E-state index is 0.315. The van der Waals surface area contributed by atoms with Crippen molar-refractivity contribution in [2.45, 2.75) is 0 Å². The highest BCUT2D eigenvalue weighted by Crippen LogP contribution is 2.27. The summed E-state index contributed by atoms with van der Waals surface area (Å²) in [4.78, 5) is 11.3. The zero-order valence-corrected chi connectivity index (χ0v) is 9.90. The SMILES string of the molecule is Cn1nc(C(=O)Cl)c2ccc3ccccc3c21. The number of carbonyl (C=O) groups excluding carboxylic acids is 1. The van der Waals surface area contributed by atoms with E-state index >= 15 is 0 Å². The molecule has 1 aromatic heterocycles. The summed E-state index contributed by atoms with van der Waals surface area (Å²) in [6.07, 6.45) is 0. The molecule has 0 aliphatic heterocycles. The Balaban J connectivity index is 2.55. The van der Waals surface area contributed by atoms with Crippen molar-refractivity contribution >= 4 is 38.5 Å². The molecule has 1 heterocycles. The third-order valence-electron chi connectivity index (χ3n) is 2.92. The van der Waals surface area contributed by atoms with E-state index in [2.05, 4.69) is 5.10 Å². The van der Waals surface area contributed by atoms with Crippen LogP contribution in [0.2, 0.25) is 0 Å². The van der Waals surface area contributed by atoms with Gasteiger partial charge in [0.05, 0.1) is 5.52 Å². The molecule has 17 heavy (non-hydrogen) atoms. The van der Waals surface area contributed by atoms with E-state index < -0.39 is 5.24 Å². The first kappa shape index (κ1) is 10.3. The summed E-state index contributed by atoms with van der Waals surface area (Å²) in [5, 5.41) is 6.64. The molecule has 0 atom stereocenters. The highest BCUT2D eigenvalue weighted by Gasteiger charge is 2.15. The van der Waals surface area contributed by atoms with E-state index in [-0.39, 0.29) is 0 Å². The third kappa shape index (κ3) is 1.43. The predicted octanol–water partition coefficient (Wildman–Crippen LogP) is 3.11. The molecule has 3 rings (SSSR count). The van der Waals surface area contributed by atoms with Crippen LogP contribution in [0, 0.1) is 0 Å². The molecule has 0 radical (unpaired) electrons. The number of hydrogen-bond acceptors (Lipinski definition) is 2. The number of benzene rings is 2. The summed E-state index contributed by atoms with van der Waals surface area (Å²) in [5.41, 5.74) is 1.25. The second-order valence-corrected chi connectivity index (χ2v) is 4.27. The van der Waals surface area contributed by atoms with Crippen molar-refractivity contribution in [1.82, 2.24) is 9.78 Å². The second-order valence-electron chi connectivity index (χ2n) is 3.93. The Morgan fingerprint density at radius 1 is 1.18 bits per heavy atom. The van der Waals surface area contributed by atoms with Crippen molar-refractivity contribution in [2.75, 3.05) is 0 Å². The average molecular weight is 245 g/mol. The van der Waals surface area contributed by atoms with Gasteiger partial charge in [0.25, 0.3) is 5.24 Å². The summed E-state index contributed by atoms with van der Waals surface area (Å²) in [5.74, 6) is 0. The Labute approximate surface area is 103 Å². The van der Waals surface area contributed by atoms with Crippen LogP contribution in [-0.2, 0) is 7.05 Å². The number of aryl methyl sites for hydroxylation is 1. The van der Waals surface area contributed by atoms with Crippen molar-refractivity contribution in [3.63, 3.8) is 0 Å². The maximum atomic E-state index is 11.3. The summed E-state index contributed by atoms with van der Waals surface area (Å²) < 4.78 is 1.70. The first-order valence-corrected chi connectivity index (χ1v) is 5.60. The molecular weight excluding hydrogens is 236 g/mol. The van der Waals surface area contributed by atoms with Gasteiger partial charge >= 0.3 is 0 Å². The van der Waals surface area contributed by atoms with E-state index in [0.29, 0.717) is 5.69 Å². The molecule has 0 fully saturated rings. The minimum atomic E-state index is -0.522. The van der Waals surface area contributed by atoms with Crippen LogP contribution >= 0.6 is 11.6 Å². The Bertz CT molecular complexity index is 746. The summed E-state index contributed by atoms with van der Waals surface area (Å²) in [6, 6.07) is 11.9. The monoisotopic (exact) mass is 244 g/mol. The van der Waals surface area contributed by atoms with Gasteiger partial charge in [0.15, 0.2) is 5.69 Å². The first-order valence-electron chi connectivity index (χ1n) is 5.23. The number of nitrogens with zero attached hydrogens (tertiary/aromatic N) is 2. The van der Waals surface area contributed by atoms with Crippen LogP contribution in [0.1, 0.15) is 10.5 Å². The molecular formula is C13H9ClN2O. The van der Waals surface area contributed by atoms with E-state index in [1.54, 1.807) is 4.68 Å². The molecule has 2 aromatic carbocycles. The van der Waals surface area contributed by atoms with Crippen LogP contribution in [0.5, 0.6) is 0 Å². The van der Waals surface area contributed by atoms with Gasteiger partial charge < -0.3 is 0 Å². The van der Waals surface area contributed by atoms with Gasteiger partial charge in [-0.1, -0.05) is 30.3 Å². The van der Waals surface area contributed by atoms with Crippen molar-refractivity contribution < 1.29 is 4.79 Å². The fourth-order valence-corrected chi connectivity index (χ4v) is 2.33. The third-order valence-corrected chi connectivity index (χ3v) is 3.09. The topological polar surface area (TPSA) is 34.9 Å². The van der Waals surface area contributed by atoms with E-state index in [9.17, 15) is 4.79 Å². The quantitative estimate of drug-likeness (QED) is 0.617. The van der Waals surface area contributed by atoms with Crippen LogP contribution in [-0.4, -0.2) is 15.0 Å². The van der Waals surface area contributed by atoms with Crippen molar-refractivity contribution in [2.24, 2.45) is 7.05 Å². The summed E-state index contributed by atoms with van der Waals surface area (Å²) in [6.45, 7) is 0. The van der Waals surface area contributed by atoms with Crippen LogP contribution in [0.3, 0.4) is 0 Å². The average Bonchev–Trinajstić information content (AvgIpc) is 2.67. The smallest absolute Gasteiger partial charge is 0.273 e. The lowest BCUT2D eigenvalue weighted by Gasteiger charge is -2.00. The molecule has 84 valence electrons. The Morgan fingerprint density at radius 2 is 1.94 bits per heavy atom. The maximum absolute atomic E-state index is 11.3. The van der Waals surface area contributed by atoms with Crippen LogP contribution in [0.15, 0.2) is 36.4 Å². The lowest BCUT2D eigenvalue weighted by Crippen LogP contribution is -1.94. The highest BCUT2D eigenvalue weighted by molar-refractivity contribution is 6.68. The molecule has 0 saturated carbocycles. The van der Waals surface area contributed by atoms with Crippen LogP contribution < -0.4 is 0 Å². The fourth-order valence-electron chi connectivity index (χ4n) is 2.19. The largest absolute Gasteiger partial charge is 0.274 e. The van der Waals surface area contributed by atoms with E-state index in [1.807, 2.05) is 43.4 Å². The lowest BCUT2D eigenvalue weighted by atomic mass is 10.1. The Kier molecular flexibility index (Phi) is 2.16. The van der Waals surface area contributed by atoms with Gasteiger partial charge in [-0.25, -0.2) is 0 Å². The molecule has 0 N–H and O–H groups in total. The van der Waals surface area contributed by atoms with Crippen LogP contribution in [0.4, 0.5) is 0 Å². The van der Waals surface area contributed by atoms with Gasteiger partial charge in [-0.05, 0) is 23.1 Å². The van der Waals surface area contributed by atoms with Gasteiger partial charge in [-0.15, -0.1) is 0 Å². The number of fused-ring (bicyclic) bond motifs is 3. The van der Waals surface area contributed by atoms with Gasteiger partial charge in [0.1, 0.15) is 0 Å². The minimum Gasteiger partial charge on any atom is -0.274 e. The fraction of sp³-hybridized carbons (Fsp3) is 0.0769. The molecule has 0 amide bonds. The molecule has 3 nitrogen and oxygen atoms in total. The number of rotatable bonds is 1. The van der Waals surface area contributed by atoms with Gasteiger partial charge in [0, 0.05) is 17.8 Å². The molecule has 0 spiro atoms. The summed E-state index contributed by atoms with van der Waals surface area (Å²) in [7, 11) is 1.82. The highest BCUT2D eigenvalue weighted by atomic mass is 35.5. The molecule has 0 unspecified atom stereocenters. The zero-order valence-electron chi connectivity index (χ0n) is 9.14. The second kappa shape index (κ2) is 3.57. The van der Waals surface area contributed by atoms with Gasteiger partial charge in [-0.2, -0.15) is 5.10 Å². The van der Waals surface area contributed by atoms with Crippen molar-refractivity contribution in [1.29, 1.82) is 0 Å². The van der Waals surface area contributed by atoms with Gasteiger partial charge in [-0.3, -0.25) is 9.48 Å². The van der Waals surface area contributed by atoms with E-state index in [1.165, 1.54) is 0 Å². The number of halogens is 1. The molecule has 0 aliphatic rings. The lowest BCUT2D eigenvalue weighted by molar-refractivity contribution is 0.107. The normalized spacial score (nSPS) is 11.2. The van der Waals surface area contributed by atoms with Crippen molar-refractivity contribution in [3.05, 3.63) is 42.1 Å². The van der Waals surface area contributed by atoms with E-state index in [0.717, 1.165) is 21.7 Å². The standard InChI is InChI=1S/C13H9ClN2O/c1-16-12-9-5-3-2-4-8(9)6-7-10(12)11(15-16)13(14)17/h2-7H,1H3. The maximum Gasteiger partial charge on any atom is 0.273 e. The van der Waals surface area contributed by atoms with Crippen LogP contribution in [0.25, 0.3) is 21.7 Å². The molecule has 0 aliphatic carbocycles. The molecule has 0 bridgehead atoms. The number of carbonyl (C=O) groups is 1. The first-order chi connectivity index (χ1) is 8.18. The van der Waals surface area contributed by atoms with Gasteiger partial charge in [0.2, 0.25) is 0 Å². The Hall–Kier alpha value is -1.87.